The molecule has 0 radical (unpaired) electrons. The number of rotatable bonds is 8. The fourth-order valence-corrected chi connectivity index (χ4v) is 3.81. The number of halogens is 2. The van der Waals surface area contributed by atoms with Crippen molar-refractivity contribution in [3.05, 3.63) is 63.4 Å². The second kappa shape index (κ2) is 10.2. The molecule has 0 aliphatic rings. The van der Waals surface area contributed by atoms with Crippen molar-refractivity contribution in [3.8, 4) is 5.75 Å². The van der Waals surface area contributed by atoms with Crippen LogP contribution in [0.3, 0.4) is 0 Å². The van der Waals surface area contributed by atoms with Gasteiger partial charge in [-0.1, -0.05) is 35.0 Å². The first-order valence-corrected chi connectivity index (χ1v) is 11.1. The van der Waals surface area contributed by atoms with Crippen LogP contribution in [0.4, 0.5) is 5.69 Å². The molecule has 0 saturated carbocycles. The molecular formula is C21H22Cl2N4O2S. The summed E-state index contributed by atoms with van der Waals surface area (Å²) < 4.78 is 7.77. The van der Waals surface area contributed by atoms with Crippen molar-refractivity contribution in [3.63, 3.8) is 0 Å². The van der Waals surface area contributed by atoms with E-state index in [9.17, 15) is 4.79 Å². The maximum Gasteiger partial charge on any atom is 0.234 e. The predicted molar refractivity (Wildman–Crippen MR) is 122 cm³/mol. The van der Waals surface area contributed by atoms with Gasteiger partial charge in [0.15, 0.2) is 11.0 Å². The normalized spacial score (nSPS) is 10.8. The monoisotopic (exact) mass is 464 g/mol. The zero-order valence-corrected chi connectivity index (χ0v) is 19.2. The van der Waals surface area contributed by atoms with Crippen molar-refractivity contribution in [1.82, 2.24) is 14.8 Å². The minimum Gasteiger partial charge on any atom is -0.486 e. The third kappa shape index (κ3) is 5.68. The Morgan fingerprint density at radius 1 is 1.10 bits per heavy atom. The first-order valence-electron chi connectivity index (χ1n) is 9.37. The van der Waals surface area contributed by atoms with Gasteiger partial charge in [0.25, 0.3) is 0 Å². The number of ether oxygens (including phenoxy) is 1. The average molecular weight is 465 g/mol. The second-order valence-electron chi connectivity index (χ2n) is 6.64. The lowest BCUT2D eigenvalue weighted by Crippen LogP contribution is -2.15. The summed E-state index contributed by atoms with van der Waals surface area (Å²) in [4.78, 5) is 12.3. The van der Waals surface area contributed by atoms with E-state index in [1.54, 1.807) is 18.2 Å². The van der Waals surface area contributed by atoms with Gasteiger partial charge in [0, 0.05) is 22.3 Å². The highest BCUT2D eigenvalue weighted by Gasteiger charge is 2.14. The molecule has 0 fully saturated rings. The Bertz CT molecular complexity index is 1060. The van der Waals surface area contributed by atoms with E-state index in [-0.39, 0.29) is 18.3 Å². The largest absolute Gasteiger partial charge is 0.486 e. The van der Waals surface area contributed by atoms with E-state index in [4.69, 9.17) is 27.9 Å². The molecule has 3 aromatic rings. The van der Waals surface area contributed by atoms with Gasteiger partial charge in [-0.25, -0.2) is 0 Å². The minimum absolute atomic E-state index is 0.123. The van der Waals surface area contributed by atoms with Crippen LogP contribution in [0.2, 0.25) is 10.0 Å². The molecule has 9 heteroatoms. The lowest BCUT2D eigenvalue weighted by Gasteiger charge is -2.10. The Hall–Kier alpha value is -2.22. The summed E-state index contributed by atoms with van der Waals surface area (Å²) in [6.07, 6.45) is 0. The maximum absolute atomic E-state index is 12.3. The zero-order valence-electron chi connectivity index (χ0n) is 16.9. The topological polar surface area (TPSA) is 69.0 Å². The summed E-state index contributed by atoms with van der Waals surface area (Å²) in [5.74, 6) is 1.51. The highest BCUT2D eigenvalue weighted by atomic mass is 35.5. The van der Waals surface area contributed by atoms with Gasteiger partial charge in [0.05, 0.1) is 5.75 Å². The summed E-state index contributed by atoms with van der Waals surface area (Å²) >= 11 is 13.4. The van der Waals surface area contributed by atoms with E-state index in [0.29, 0.717) is 33.3 Å². The van der Waals surface area contributed by atoms with Crippen molar-refractivity contribution in [1.29, 1.82) is 0 Å². The average Bonchev–Trinajstić information content (AvgIpc) is 3.12. The molecule has 0 atom stereocenters. The van der Waals surface area contributed by atoms with Crippen LogP contribution in [0.25, 0.3) is 0 Å². The standard InChI is InChI=1S/C21H22Cl2N4O2S/c1-4-27-19(11-29-16-6-8-18(23)14(3)10-16)25-26-21(27)30-12-20(28)24-15-5-7-17(22)13(2)9-15/h5-10H,4,11-12H2,1-3H3,(H,24,28). The molecule has 2 aromatic carbocycles. The molecule has 30 heavy (non-hydrogen) atoms. The molecule has 0 aliphatic carbocycles. The summed E-state index contributed by atoms with van der Waals surface area (Å²) in [5, 5.41) is 13.3. The van der Waals surface area contributed by atoms with Crippen LogP contribution >= 0.6 is 35.0 Å². The van der Waals surface area contributed by atoms with Gasteiger partial charge in [0.2, 0.25) is 5.91 Å². The van der Waals surface area contributed by atoms with E-state index < -0.39 is 0 Å². The lowest BCUT2D eigenvalue weighted by molar-refractivity contribution is -0.113. The highest BCUT2D eigenvalue weighted by Crippen LogP contribution is 2.23. The van der Waals surface area contributed by atoms with Gasteiger partial charge in [-0.3, -0.25) is 4.79 Å². The summed E-state index contributed by atoms with van der Waals surface area (Å²) in [5.41, 5.74) is 2.57. The molecule has 1 aromatic heterocycles. The van der Waals surface area contributed by atoms with Crippen LogP contribution < -0.4 is 10.1 Å². The first kappa shape index (κ1) is 22.5. The van der Waals surface area contributed by atoms with E-state index in [1.165, 1.54) is 11.8 Å². The van der Waals surface area contributed by atoms with Crippen molar-refractivity contribution >= 4 is 46.6 Å². The van der Waals surface area contributed by atoms with Crippen LogP contribution in [-0.4, -0.2) is 26.4 Å². The van der Waals surface area contributed by atoms with Crippen LogP contribution in [0, 0.1) is 13.8 Å². The lowest BCUT2D eigenvalue weighted by atomic mass is 10.2. The molecule has 158 valence electrons. The summed E-state index contributed by atoms with van der Waals surface area (Å²) in [6, 6.07) is 10.9. The summed E-state index contributed by atoms with van der Waals surface area (Å²) in [6.45, 7) is 6.77. The smallest absolute Gasteiger partial charge is 0.234 e. The molecule has 1 heterocycles. The van der Waals surface area contributed by atoms with Crippen molar-refractivity contribution in [2.24, 2.45) is 0 Å². The molecule has 3 rings (SSSR count). The number of aryl methyl sites for hydroxylation is 2. The molecule has 0 saturated heterocycles. The Kier molecular flexibility index (Phi) is 7.64. The Morgan fingerprint density at radius 2 is 1.80 bits per heavy atom. The Morgan fingerprint density at radius 3 is 2.47 bits per heavy atom. The number of amides is 1. The van der Waals surface area contributed by atoms with E-state index in [0.717, 1.165) is 16.9 Å². The minimum atomic E-state index is -0.123. The summed E-state index contributed by atoms with van der Waals surface area (Å²) in [7, 11) is 0. The van der Waals surface area contributed by atoms with E-state index in [2.05, 4.69) is 15.5 Å². The van der Waals surface area contributed by atoms with Crippen molar-refractivity contribution in [2.75, 3.05) is 11.1 Å². The van der Waals surface area contributed by atoms with E-state index >= 15 is 0 Å². The number of carbonyl (C=O) groups is 1. The number of nitrogens with zero attached hydrogens (tertiary/aromatic N) is 3. The molecule has 1 amide bonds. The molecule has 0 aliphatic heterocycles. The van der Waals surface area contributed by atoms with Gasteiger partial charge >= 0.3 is 0 Å². The third-order valence-corrected chi connectivity index (χ3v) is 6.20. The first-order chi connectivity index (χ1) is 14.4. The third-order valence-electron chi connectivity index (χ3n) is 4.38. The molecule has 1 N–H and O–H groups in total. The molecule has 6 nitrogen and oxygen atoms in total. The molecular weight excluding hydrogens is 443 g/mol. The maximum atomic E-state index is 12.3. The fraction of sp³-hybridized carbons (Fsp3) is 0.286. The van der Waals surface area contributed by atoms with Gasteiger partial charge in [0.1, 0.15) is 12.4 Å². The number of hydrogen-bond donors (Lipinski definition) is 1. The number of anilines is 1. The number of nitrogens with one attached hydrogen (secondary N) is 1. The van der Waals surface area contributed by atoms with Crippen LogP contribution in [0.1, 0.15) is 23.9 Å². The van der Waals surface area contributed by atoms with Crippen LogP contribution in [-0.2, 0) is 17.9 Å². The SMILES string of the molecule is CCn1c(COc2ccc(Cl)c(C)c2)nnc1SCC(=O)Nc1ccc(Cl)c(C)c1. The van der Waals surface area contributed by atoms with Gasteiger partial charge in [-0.05, 0) is 68.3 Å². The predicted octanol–water partition coefficient (Wildman–Crippen LogP) is 5.53. The number of hydrogen-bond acceptors (Lipinski definition) is 5. The van der Waals surface area contributed by atoms with Gasteiger partial charge in [-0.15, -0.1) is 10.2 Å². The zero-order chi connectivity index (χ0) is 21.7. The van der Waals surface area contributed by atoms with Gasteiger partial charge < -0.3 is 14.6 Å². The fourth-order valence-electron chi connectivity index (χ4n) is 2.75. The number of carbonyl (C=O) groups excluding carboxylic acids is 1. The van der Waals surface area contributed by atoms with Crippen LogP contribution in [0.5, 0.6) is 5.75 Å². The highest BCUT2D eigenvalue weighted by molar-refractivity contribution is 7.99. The van der Waals surface area contributed by atoms with Gasteiger partial charge in [-0.2, -0.15) is 0 Å². The number of benzene rings is 2. The quantitative estimate of drug-likeness (QED) is 0.443. The van der Waals surface area contributed by atoms with Crippen molar-refractivity contribution in [2.45, 2.75) is 39.1 Å². The van der Waals surface area contributed by atoms with Crippen LogP contribution in [0.15, 0.2) is 41.6 Å². The number of aromatic nitrogens is 3. The van der Waals surface area contributed by atoms with E-state index in [1.807, 2.05) is 43.5 Å². The van der Waals surface area contributed by atoms with Crippen molar-refractivity contribution < 1.29 is 9.53 Å². The Balaban J connectivity index is 1.58. The second-order valence-corrected chi connectivity index (χ2v) is 8.40. The molecule has 0 bridgehead atoms. The Labute approximate surface area is 189 Å². The number of thioether (sulfide) groups is 1. The molecule has 0 unspecified atom stereocenters. The molecule has 0 spiro atoms.